The number of benzene rings is 1. The Balaban J connectivity index is 2.13. The van der Waals surface area contributed by atoms with E-state index in [1.165, 1.54) is 18.2 Å². The Labute approximate surface area is 136 Å². The molecule has 0 bridgehead atoms. The van der Waals surface area contributed by atoms with Crippen LogP contribution < -0.4 is 0 Å². The van der Waals surface area contributed by atoms with Crippen molar-refractivity contribution in [1.29, 1.82) is 0 Å². The Morgan fingerprint density at radius 1 is 1.25 bits per heavy atom. The number of hydrogen-bond donors (Lipinski definition) is 1. The first-order valence-corrected chi connectivity index (χ1v) is 7.20. The first kappa shape index (κ1) is 17.8. The SMILES string of the molecule is CC(C)c1ccc(O)c(C(=O)OCc2ccnc(C(F)(F)F)c2)c1. The van der Waals surface area contributed by atoms with Gasteiger partial charge in [0.25, 0.3) is 0 Å². The summed E-state index contributed by atoms with van der Waals surface area (Å²) in [5.41, 5.74) is -0.0831. The molecule has 0 radical (unpaired) electrons. The molecule has 0 unspecified atom stereocenters. The molecule has 0 aliphatic heterocycles. The summed E-state index contributed by atoms with van der Waals surface area (Å²) in [7, 11) is 0. The summed E-state index contributed by atoms with van der Waals surface area (Å²) in [6.45, 7) is 3.50. The van der Waals surface area contributed by atoms with Gasteiger partial charge in [0.05, 0.1) is 0 Å². The largest absolute Gasteiger partial charge is 0.507 e. The van der Waals surface area contributed by atoms with Gasteiger partial charge in [-0.1, -0.05) is 19.9 Å². The molecular weight excluding hydrogens is 323 g/mol. The minimum Gasteiger partial charge on any atom is -0.507 e. The van der Waals surface area contributed by atoms with Crippen molar-refractivity contribution in [2.24, 2.45) is 0 Å². The van der Waals surface area contributed by atoms with Gasteiger partial charge in [0.2, 0.25) is 0 Å². The molecule has 0 aliphatic rings. The van der Waals surface area contributed by atoms with E-state index in [0.717, 1.165) is 17.8 Å². The zero-order valence-electron chi connectivity index (χ0n) is 13.1. The van der Waals surface area contributed by atoms with Gasteiger partial charge in [0, 0.05) is 6.20 Å². The van der Waals surface area contributed by atoms with Crippen molar-refractivity contribution < 1.29 is 27.8 Å². The molecule has 24 heavy (non-hydrogen) atoms. The summed E-state index contributed by atoms with van der Waals surface area (Å²) in [4.78, 5) is 15.3. The number of alkyl halides is 3. The highest BCUT2D eigenvalue weighted by molar-refractivity contribution is 5.92. The van der Waals surface area contributed by atoms with Gasteiger partial charge in [0.1, 0.15) is 23.6 Å². The number of rotatable bonds is 4. The molecule has 2 rings (SSSR count). The summed E-state index contributed by atoms with van der Waals surface area (Å²) in [6.07, 6.45) is -3.56. The number of aromatic nitrogens is 1. The van der Waals surface area contributed by atoms with E-state index in [4.69, 9.17) is 4.74 Å². The van der Waals surface area contributed by atoms with Crippen LogP contribution in [0.3, 0.4) is 0 Å². The molecule has 0 saturated heterocycles. The van der Waals surface area contributed by atoms with Crippen LogP contribution in [-0.4, -0.2) is 16.1 Å². The number of aromatic hydroxyl groups is 1. The minimum atomic E-state index is -4.57. The summed E-state index contributed by atoms with van der Waals surface area (Å²) in [5, 5.41) is 9.78. The van der Waals surface area contributed by atoms with E-state index in [1.807, 2.05) is 13.8 Å². The van der Waals surface area contributed by atoms with Gasteiger partial charge in [0.15, 0.2) is 0 Å². The van der Waals surface area contributed by atoms with Crippen LogP contribution in [0.25, 0.3) is 0 Å². The number of halogens is 3. The molecule has 0 atom stereocenters. The minimum absolute atomic E-state index is 0.0219. The monoisotopic (exact) mass is 339 g/mol. The molecule has 1 N–H and O–H groups in total. The normalized spacial score (nSPS) is 11.6. The predicted molar refractivity (Wildman–Crippen MR) is 80.6 cm³/mol. The number of ether oxygens (including phenoxy) is 1. The van der Waals surface area contributed by atoms with Crippen molar-refractivity contribution in [1.82, 2.24) is 4.98 Å². The Morgan fingerprint density at radius 3 is 2.58 bits per heavy atom. The number of phenols is 1. The fourth-order valence-electron chi connectivity index (χ4n) is 2.02. The first-order valence-electron chi connectivity index (χ1n) is 7.20. The smallest absolute Gasteiger partial charge is 0.433 e. The molecule has 0 amide bonds. The van der Waals surface area contributed by atoms with Crippen LogP contribution in [-0.2, 0) is 17.5 Å². The van der Waals surface area contributed by atoms with E-state index in [2.05, 4.69) is 4.98 Å². The molecule has 7 heteroatoms. The highest BCUT2D eigenvalue weighted by Crippen LogP contribution is 2.28. The molecule has 4 nitrogen and oxygen atoms in total. The number of carbonyl (C=O) groups excluding carboxylic acids is 1. The van der Waals surface area contributed by atoms with Gasteiger partial charge in [-0.2, -0.15) is 13.2 Å². The van der Waals surface area contributed by atoms with E-state index in [-0.39, 0.29) is 29.4 Å². The van der Waals surface area contributed by atoms with Gasteiger partial charge < -0.3 is 9.84 Å². The van der Waals surface area contributed by atoms with Crippen molar-refractivity contribution in [2.75, 3.05) is 0 Å². The number of phenolic OH excluding ortho intramolecular Hbond substituents is 1. The molecule has 2 aromatic rings. The van der Waals surface area contributed by atoms with Crippen LogP contribution in [0, 0.1) is 0 Å². The van der Waals surface area contributed by atoms with Crippen LogP contribution in [0.1, 0.15) is 46.9 Å². The first-order chi connectivity index (χ1) is 11.2. The van der Waals surface area contributed by atoms with Crippen molar-refractivity contribution in [3.05, 3.63) is 58.9 Å². The third-order valence-corrected chi connectivity index (χ3v) is 3.39. The number of pyridine rings is 1. The lowest BCUT2D eigenvalue weighted by Gasteiger charge is -2.11. The third kappa shape index (κ3) is 4.24. The van der Waals surface area contributed by atoms with Gasteiger partial charge in [-0.05, 0) is 41.3 Å². The molecule has 0 spiro atoms. The molecule has 128 valence electrons. The van der Waals surface area contributed by atoms with Gasteiger partial charge in [-0.25, -0.2) is 4.79 Å². The van der Waals surface area contributed by atoms with Crippen molar-refractivity contribution in [3.8, 4) is 5.75 Å². The molecule has 1 aromatic heterocycles. The Kier molecular flexibility index (Phi) is 5.11. The molecule has 0 aliphatic carbocycles. The summed E-state index contributed by atoms with van der Waals surface area (Å²) in [6, 6.07) is 6.73. The van der Waals surface area contributed by atoms with Crippen molar-refractivity contribution in [3.63, 3.8) is 0 Å². The maximum absolute atomic E-state index is 12.6. The van der Waals surface area contributed by atoms with Crippen molar-refractivity contribution >= 4 is 5.97 Å². The van der Waals surface area contributed by atoms with E-state index >= 15 is 0 Å². The van der Waals surface area contributed by atoms with Crippen LogP contribution >= 0.6 is 0 Å². The topological polar surface area (TPSA) is 59.4 Å². The van der Waals surface area contributed by atoms with E-state index in [0.29, 0.717) is 0 Å². The second-order valence-corrected chi connectivity index (χ2v) is 5.55. The zero-order chi connectivity index (χ0) is 17.9. The standard InChI is InChI=1S/C17H16F3NO3/c1-10(2)12-3-4-14(22)13(8-12)16(23)24-9-11-5-6-21-15(7-11)17(18,19)20/h3-8,10,22H,9H2,1-2H3. The van der Waals surface area contributed by atoms with Gasteiger partial charge in [-0.15, -0.1) is 0 Å². The fourth-order valence-corrected chi connectivity index (χ4v) is 2.02. The van der Waals surface area contributed by atoms with E-state index in [1.54, 1.807) is 6.07 Å². The second kappa shape index (κ2) is 6.90. The molecular formula is C17H16F3NO3. The lowest BCUT2D eigenvalue weighted by molar-refractivity contribution is -0.141. The third-order valence-electron chi connectivity index (χ3n) is 3.39. The molecule has 0 fully saturated rings. The van der Waals surface area contributed by atoms with Crippen LogP contribution in [0.2, 0.25) is 0 Å². The zero-order valence-corrected chi connectivity index (χ0v) is 13.1. The highest BCUT2D eigenvalue weighted by atomic mass is 19.4. The van der Waals surface area contributed by atoms with E-state index in [9.17, 15) is 23.1 Å². The summed E-state index contributed by atoms with van der Waals surface area (Å²) >= 11 is 0. The highest BCUT2D eigenvalue weighted by Gasteiger charge is 2.32. The summed E-state index contributed by atoms with van der Waals surface area (Å²) in [5.74, 6) is -0.901. The van der Waals surface area contributed by atoms with Crippen LogP contribution in [0.4, 0.5) is 13.2 Å². The number of esters is 1. The number of carbonyl (C=O) groups is 1. The lowest BCUT2D eigenvalue weighted by Crippen LogP contribution is -2.10. The second-order valence-electron chi connectivity index (χ2n) is 5.55. The maximum Gasteiger partial charge on any atom is 0.433 e. The van der Waals surface area contributed by atoms with Crippen molar-refractivity contribution in [2.45, 2.75) is 32.5 Å². The van der Waals surface area contributed by atoms with Crippen LogP contribution in [0.5, 0.6) is 5.75 Å². The molecule has 0 saturated carbocycles. The Hall–Kier alpha value is -2.57. The Bertz CT molecular complexity index is 742. The average Bonchev–Trinajstić information content (AvgIpc) is 2.52. The fraction of sp³-hybridized carbons (Fsp3) is 0.294. The number of nitrogens with zero attached hydrogens (tertiary/aromatic N) is 1. The summed E-state index contributed by atoms with van der Waals surface area (Å²) < 4.78 is 42.8. The van der Waals surface area contributed by atoms with E-state index < -0.39 is 17.8 Å². The molecule has 1 aromatic carbocycles. The van der Waals surface area contributed by atoms with Gasteiger partial charge >= 0.3 is 12.1 Å². The number of hydrogen-bond acceptors (Lipinski definition) is 4. The lowest BCUT2D eigenvalue weighted by atomic mass is 10.0. The average molecular weight is 339 g/mol. The quantitative estimate of drug-likeness (QED) is 0.845. The van der Waals surface area contributed by atoms with Crippen LogP contribution in [0.15, 0.2) is 36.5 Å². The maximum atomic E-state index is 12.6. The molecule has 1 heterocycles. The predicted octanol–water partition coefficient (Wildman–Crippen LogP) is 4.29. The Morgan fingerprint density at radius 2 is 1.96 bits per heavy atom. The van der Waals surface area contributed by atoms with Gasteiger partial charge in [-0.3, -0.25) is 4.98 Å².